The van der Waals surface area contributed by atoms with Gasteiger partial charge < -0.3 is 33.7 Å². The Balaban J connectivity index is 1.78. The molecule has 0 radical (unpaired) electrons. The first-order chi connectivity index (χ1) is 19.5. The molecular weight excluding hydrogens is 538 g/mol. The maximum Gasteiger partial charge on any atom is 0.303 e. The summed E-state index contributed by atoms with van der Waals surface area (Å²) in [6, 6.07) is 15.9. The van der Waals surface area contributed by atoms with Gasteiger partial charge in [-0.2, -0.15) is 0 Å². The standard InChI is InChI=1S/C29H33NO11/c1-17(31)36-16-24-25(37-18(2)32)26(38-19(3)33)27(39-20(4)34)29(41-24)40-23-12-10-22(11-13-23)28(35)30-15-14-21-8-6-5-7-9-21/h5-13,24-27,29H,14-16H2,1-4H3,(H,30,35)/t24?,25?,26?,27?,29-/m1/s1. The molecule has 4 unspecified atom stereocenters. The third-order valence-electron chi connectivity index (χ3n) is 5.86. The Morgan fingerprint density at radius 2 is 1.32 bits per heavy atom. The number of rotatable bonds is 11. The third kappa shape index (κ3) is 9.60. The molecule has 1 saturated heterocycles. The highest BCUT2D eigenvalue weighted by molar-refractivity contribution is 5.94. The second kappa shape index (κ2) is 14.8. The van der Waals surface area contributed by atoms with Crippen LogP contribution in [0.1, 0.15) is 43.6 Å². The van der Waals surface area contributed by atoms with Crippen LogP contribution < -0.4 is 10.1 Å². The van der Waals surface area contributed by atoms with Crippen LogP contribution in [0.3, 0.4) is 0 Å². The van der Waals surface area contributed by atoms with Crippen molar-refractivity contribution in [2.75, 3.05) is 13.2 Å². The first-order valence-corrected chi connectivity index (χ1v) is 12.9. The Morgan fingerprint density at radius 1 is 0.732 bits per heavy atom. The molecule has 220 valence electrons. The van der Waals surface area contributed by atoms with E-state index in [0.717, 1.165) is 26.3 Å². The van der Waals surface area contributed by atoms with E-state index < -0.39 is 54.6 Å². The first kappa shape index (κ1) is 31.1. The Kier molecular flexibility index (Phi) is 11.2. The molecule has 3 rings (SSSR count). The van der Waals surface area contributed by atoms with Gasteiger partial charge in [-0.15, -0.1) is 0 Å². The lowest BCUT2D eigenvalue weighted by Crippen LogP contribution is -2.63. The van der Waals surface area contributed by atoms with Gasteiger partial charge in [-0.25, -0.2) is 0 Å². The maximum atomic E-state index is 12.6. The Hall–Kier alpha value is -4.45. The quantitative estimate of drug-likeness (QED) is 0.312. The van der Waals surface area contributed by atoms with E-state index in [1.54, 1.807) is 12.1 Å². The summed E-state index contributed by atoms with van der Waals surface area (Å²) in [5, 5.41) is 2.86. The molecule has 0 saturated carbocycles. The molecule has 1 heterocycles. The van der Waals surface area contributed by atoms with Gasteiger partial charge in [-0.1, -0.05) is 30.3 Å². The van der Waals surface area contributed by atoms with Crippen molar-refractivity contribution in [1.82, 2.24) is 5.32 Å². The molecule has 2 aromatic carbocycles. The van der Waals surface area contributed by atoms with Crippen molar-refractivity contribution in [1.29, 1.82) is 0 Å². The van der Waals surface area contributed by atoms with Crippen LogP contribution in [-0.4, -0.2) is 73.6 Å². The summed E-state index contributed by atoms with van der Waals surface area (Å²) in [7, 11) is 0. The predicted molar refractivity (Wildman–Crippen MR) is 142 cm³/mol. The van der Waals surface area contributed by atoms with Crippen LogP contribution in [-0.2, 0) is 49.3 Å². The zero-order valence-electron chi connectivity index (χ0n) is 23.2. The van der Waals surface area contributed by atoms with Crippen LogP contribution in [0.2, 0.25) is 0 Å². The molecule has 0 aliphatic carbocycles. The Morgan fingerprint density at radius 3 is 1.90 bits per heavy atom. The molecule has 1 N–H and O–H groups in total. The van der Waals surface area contributed by atoms with Crippen molar-refractivity contribution in [2.45, 2.75) is 64.8 Å². The van der Waals surface area contributed by atoms with E-state index in [1.807, 2.05) is 30.3 Å². The molecule has 0 bridgehead atoms. The number of carbonyl (C=O) groups is 5. The van der Waals surface area contributed by atoms with Crippen LogP contribution in [0.25, 0.3) is 0 Å². The number of hydrogen-bond donors (Lipinski definition) is 1. The first-order valence-electron chi connectivity index (χ1n) is 12.9. The number of esters is 4. The molecule has 1 amide bonds. The van der Waals surface area contributed by atoms with Gasteiger partial charge in [0, 0.05) is 39.8 Å². The summed E-state index contributed by atoms with van der Waals surface area (Å²) < 4.78 is 33.1. The fourth-order valence-corrected chi connectivity index (χ4v) is 4.17. The lowest BCUT2D eigenvalue weighted by Gasteiger charge is -2.43. The van der Waals surface area contributed by atoms with Crippen molar-refractivity contribution < 1.29 is 52.4 Å². The number of hydrogen-bond acceptors (Lipinski definition) is 11. The third-order valence-corrected chi connectivity index (χ3v) is 5.86. The van der Waals surface area contributed by atoms with Crippen LogP contribution in [0, 0.1) is 0 Å². The maximum absolute atomic E-state index is 12.6. The van der Waals surface area contributed by atoms with E-state index >= 15 is 0 Å². The topological polar surface area (TPSA) is 153 Å². The normalized spacial score (nSPS) is 21.6. The monoisotopic (exact) mass is 571 g/mol. The molecule has 0 aromatic heterocycles. The number of nitrogens with one attached hydrogen (secondary N) is 1. The molecule has 1 fully saturated rings. The molecule has 12 nitrogen and oxygen atoms in total. The van der Waals surface area contributed by atoms with Crippen molar-refractivity contribution >= 4 is 29.8 Å². The fraction of sp³-hybridized carbons (Fsp3) is 0.414. The smallest absolute Gasteiger partial charge is 0.303 e. The lowest BCUT2D eigenvalue weighted by molar-refractivity contribution is -0.288. The van der Waals surface area contributed by atoms with E-state index in [1.165, 1.54) is 19.1 Å². The Labute approximate surface area is 237 Å². The predicted octanol–water partition coefficient (Wildman–Crippen LogP) is 2.12. The van der Waals surface area contributed by atoms with Crippen LogP contribution in [0.4, 0.5) is 0 Å². The number of ether oxygens (including phenoxy) is 6. The van der Waals surface area contributed by atoms with Gasteiger partial charge >= 0.3 is 23.9 Å². The molecule has 12 heteroatoms. The van der Waals surface area contributed by atoms with Crippen molar-refractivity contribution in [3.63, 3.8) is 0 Å². The molecule has 5 atom stereocenters. The number of carbonyl (C=O) groups excluding carboxylic acids is 5. The lowest BCUT2D eigenvalue weighted by atomic mass is 9.98. The summed E-state index contributed by atoms with van der Waals surface area (Å²) >= 11 is 0. The van der Waals surface area contributed by atoms with Crippen LogP contribution >= 0.6 is 0 Å². The number of benzene rings is 2. The molecule has 2 aromatic rings. The summed E-state index contributed by atoms with van der Waals surface area (Å²) in [4.78, 5) is 59.8. The highest BCUT2D eigenvalue weighted by Crippen LogP contribution is 2.31. The van der Waals surface area contributed by atoms with Crippen molar-refractivity contribution in [3.8, 4) is 5.75 Å². The fourth-order valence-electron chi connectivity index (χ4n) is 4.17. The summed E-state index contributed by atoms with van der Waals surface area (Å²) in [6.45, 7) is 4.66. The van der Waals surface area contributed by atoms with Crippen LogP contribution in [0.15, 0.2) is 54.6 Å². The van der Waals surface area contributed by atoms with Gasteiger partial charge in [0.05, 0.1) is 0 Å². The minimum absolute atomic E-state index is 0.228. The van der Waals surface area contributed by atoms with Gasteiger partial charge in [0.15, 0.2) is 12.2 Å². The van der Waals surface area contributed by atoms with E-state index in [4.69, 9.17) is 28.4 Å². The van der Waals surface area contributed by atoms with E-state index in [0.29, 0.717) is 18.5 Å². The average Bonchev–Trinajstić information content (AvgIpc) is 2.91. The number of amides is 1. The van der Waals surface area contributed by atoms with E-state index in [2.05, 4.69) is 5.32 Å². The highest BCUT2D eigenvalue weighted by Gasteiger charge is 2.53. The SMILES string of the molecule is CC(=O)OCC1O[C@@H](Oc2ccc(C(=O)NCCc3ccccc3)cc2)C(OC(C)=O)C(OC(C)=O)C1OC(C)=O. The molecule has 0 spiro atoms. The summed E-state index contributed by atoms with van der Waals surface area (Å²) in [5.41, 5.74) is 1.48. The summed E-state index contributed by atoms with van der Waals surface area (Å²) in [6.07, 6.45) is -5.84. The summed E-state index contributed by atoms with van der Waals surface area (Å²) in [5.74, 6) is -2.91. The average molecular weight is 572 g/mol. The zero-order chi connectivity index (χ0) is 29.9. The minimum Gasteiger partial charge on any atom is -0.463 e. The van der Waals surface area contributed by atoms with Gasteiger partial charge in [0.1, 0.15) is 18.5 Å². The highest BCUT2D eigenvalue weighted by atomic mass is 16.7. The molecule has 1 aliphatic rings. The van der Waals surface area contributed by atoms with Crippen LogP contribution in [0.5, 0.6) is 5.75 Å². The van der Waals surface area contributed by atoms with Gasteiger partial charge in [-0.3, -0.25) is 24.0 Å². The molecular formula is C29H33NO11. The molecule has 41 heavy (non-hydrogen) atoms. The van der Waals surface area contributed by atoms with Crippen molar-refractivity contribution in [3.05, 3.63) is 65.7 Å². The largest absolute Gasteiger partial charge is 0.463 e. The van der Waals surface area contributed by atoms with Gasteiger partial charge in [0.2, 0.25) is 12.4 Å². The van der Waals surface area contributed by atoms with E-state index in [9.17, 15) is 24.0 Å². The molecule has 1 aliphatic heterocycles. The second-order valence-corrected chi connectivity index (χ2v) is 9.20. The zero-order valence-corrected chi connectivity index (χ0v) is 23.2. The van der Waals surface area contributed by atoms with Gasteiger partial charge in [0.25, 0.3) is 5.91 Å². The van der Waals surface area contributed by atoms with Crippen molar-refractivity contribution in [2.24, 2.45) is 0 Å². The second-order valence-electron chi connectivity index (χ2n) is 9.20. The Bertz CT molecular complexity index is 1220. The minimum atomic E-state index is -1.37. The van der Waals surface area contributed by atoms with E-state index in [-0.39, 0.29) is 18.3 Å². The van der Waals surface area contributed by atoms with Gasteiger partial charge in [-0.05, 0) is 36.2 Å².